The Hall–Kier alpha value is -4.67. The monoisotopic (exact) mass is 518 g/mol. The van der Waals surface area contributed by atoms with E-state index in [9.17, 15) is 22.8 Å². The molecule has 192 valence electrons. The number of alkyl halides is 3. The number of nitrogens with zero attached hydrogens (tertiary/aromatic N) is 4. The van der Waals surface area contributed by atoms with Gasteiger partial charge in [0.05, 0.1) is 17.5 Å². The van der Waals surface area contributed by atoms with E-state index in [1.54, 1.807) is 24.3 Å². The molecule has 1 fully saturated rings. The van der Waals surface area contributed by atoms with E-state index in [-0.39, 0.29) is 11.8 Å². The Bertz CT molecular complexity index is 1540. The molecule has 0 atom stereocenters. The minimum Gasteiger partial charge on any atom is -0.321 e. The van der Waals surface area contributed by atoms with E-state index in [2.05, 4.69) is 30.8 Å². The fourth-order valence-corrected chi connectivity index (χ4v) is 3.84. The first-order valence-electron chi connectivity index (χ1n) is 11.7. The summed E-state index contributed by atoms with van der Waals surface area (Å²) in [7, 11) is 0. The summed E-state index contributed by atoms with van der Waals surface area (Å²) in [5, 5.41) is 12.2. The van der Waals surface area contributed by atoms with Crippen LogP contribution >= 0.6 is 0 Å². The summed E-state index contributed by atoms with van der Waals surface area (Å²) in [6.07, 6.45) is -0.908. The number of amides is 2. The molecule has 2 heterocycles. The van der Waals surface area contributed by atoms with Crippen LogP contribution in [0.4, 0.5) is 24.7 Å². The molecule has 2 aromatic carbocycles. The Morgan fingerprint density at radius 3 is 2.50 bits per heavy atom. The molecule has 1 saturated carbocycles. The lowest BCUT2D eigenvalue weighted by molar-refractivity contribution is -0.138. The Morgan fingerprint density at radius 1 is 0.947 bits per heavy atom. The molecule has 8 nitrogen and oxygen atoms in total. The quantitative estimate of drug-likeness (QED) is 0.347. The highest BCUT2D eigenvalue weighted by molar-refractivity contribution is 6.03. The van der Waals surface area contributed by atoms with E-state index in [4.69, 9.17) is 0 Å². The first kappa shape index (κ1) is 25.0. The van der Waals surface area contributed by atoms with Crippen molar-refractivity contribution in [3.63, 3.8) is 0 Å². The van der Waals surface area contributed by atoms with Crippen molar-refractivity contribution in [1.82, 2.24) is 20.2 Å². The zero-order valence-electron chi connectivity index (χ0n) is 20.1. The van der Waals surface area contributed by atoms with Gasteiger partial charge in [-0.25, -0.2) is 9.97 Å². The number of aryl methyl sites for hydroxylation is 1. The molecule has 0 saturated heterocycles. The predicted octanol–water partition coefficient (Wildman–Crippen LogP) is 5.53. The van der Waals surface area contributed by atoms with E-state index in [1.807, 2.05) is 31.2 Å². The van der Waals surface area contributed by atoms with Crippen molar-refractivity contribution in [3.05, 3.63) is 83.9 Å². The summed E-state index contributed by atoms with van der Waals surface area (Å²) in [6, 6.07) is 15.1. The lowest BCUT2D eigenvalue weighted by Crippen LogP contribution is -2.16. The molecular formula is C27H21F3N6O2. The zero-order chi connectivity index (χ0) is 26.9. The van der Waals surface area contributed by atoms with Crippen molar-refractivity contribution < 1.29 is 22.8 Å². The molecule has 0 unspecified atom stereocenters. The smallest absolute Gasteiger partial charge is 0.321 e. The van der Waals surface area contributed by atoms with E-state index < -0.39 is 23.3 Å². The number of hydrogen-bond donors (Lipinski definition) is 2. The standard InChI is InChI=1S/C27H21F3N6O2/c1-15-5-8-20(34-26(38)23-10-19(13-33-36-23)27(28,29)30)11-21(15)17-3-2-4-18(9-17)22-12-24(32-14-31-22)35-25(37)16-6-7-16/h2-5,8-14,16H,6-7H2,1H3,(H,34,38)(H,31,32,35,37). The van der Waals surface area contributed by atoms with E-state index >= 15 is 0 Å². The maximum atomic E-state index is 13.0. The van der Waals surface area contributed by atoms with Crippen molar-refractivity contribution >= 4 is 23.3 Å². The third-order valence-electron chi connectivity index (χ3n) is 6.05. The van der Waals surface area contributed by atoms with Crippen molar-refractivity contribution in [2.45, 2.75) is 25.9 Å². The van der Waals surface area contributed by atoms with Gasteiger partial charge in [0.25, 0.3) is 5.91 Å². The molecular weight excluding hydrogens is 497 g/mol. The summed E-state index contributed by atoms with van der Waals surface area (Å²) >= 11 is 0. The molecule has 1 aliphatic carbocycles. The minimum absolute atomic E-state index is 0.0472. The number of rotatable bonds is 6. The molecule has 2 aromatic heterocycles. The van der Waals surface area contributed by atoms with Gasteiger partial charge >= 0.3 is 6.18 Å². The lowest BCUT2D eigenvalue weighted by atomic mass is 9.97. The molecule has 38 heavy (non-hydrogen) atoms. The molecule has 0 spiro atoms. The second kappa shape index (κ2) is 10.0. The number of halogens is 3. The number of hydrogen-bond acceptors (Lipinski definition) is 6. The molecule has 5 rings (SSSR count). The van der Waals surface area contributed by atoms with Gasteiger partial charge in [0.1, 0.15) is 12.1 Å². The van der Waals surface area contributed by atoms with Crippen LogP contribution in [0.3, 0.4) is 0 Å². The average molecular weight is 518 g/mol. The number of carbonyl (C=O) groups excluding carboxylic acids is 2. The van der Waals surface area contributed by atoms with Gasteiger partial charge in [0.2, 0.25) is 5.91 Å². The maximum Gasteiger partial charge on any atom is 0.418 e. The van der Waals surface area contributed by atoms with Crippen molar-refractivity contribution in [2.75, 3.05) is 10.6 Å². The molecule has 2 amide bonds. The third kappa shape index (κ3) is 5.66. The van der Waals surface area contributed by atoms with Crippen LogP contribution in [0.2, 0.25) is 0 Å². The summed E-state index contributed by atoms with van der Waals surface area (Å²) in [5.74, 6) is -0.382. The second-order valence-corrected chi connectivity index (χ2v) is 8.94. The Kier molecular flexibility index (Phi) is 6.58. The predicted molar refractivity (Wildman–Crippen MR) is 134 cm³/mol. The van der Waals surface area contributed by atoms with E-state index in [0.717, 1.165) is 35.1 Å². The number of benzene rings is 2. The Labute approximate surface area is 215 Å². The maximum absolute atomic E-state index is 13.0. The lowest BCUT2D eigenvalue weighted by Gasteiger charge is -2.12. The van der Waals surface area contributed by atoms with Gasteiger partial charge in [0.15, 0.2) is 5.69 Å². The topological polar surface area (TPSA) is 110 Å². The molecule has 1 aliphatic rings. The van der Waals surface area contributed by atoms with Crippen molar-refractivity contribution in [2.24, 2.45) is 5.92 Å². The Morgan fingerprint density at radius 2 is 1.74 bits per heavy atom. The molecule has 4 aromatic rings. The second-order valence-electron chi connectivity index (χ2n) is 8.94. The molecule has 0 radical (unpaired) electrons. The number of nitrogens with one attached hydrogen (secondary N) is 2. The normalized spacial score (nSPS) is 13.2. The van der Waals surface area contributed by atoms with Gasteiger partial charge < -0.3 is 10.6 Å². The Balaban J connectivity index is 1.38. The highest BCUT2D eigenvalue weighted by Gasteiger charge is 2.32. The first-order chi connectivity index (χ1) is 18.2. The number of anilines is 2. The van der Waals surface area contributed by atoms with Crippen LogP contribution in [0.15, 0.2) is 67.1 Å². The van der Waals surface area contributed by atoms with Gasteiger partial charge in [0, 0.05) is 23.2 Å². The van der Waals surface area contributed by atoms with Crippen molar-refractivity contribution in [1.29, 1.82) is 0 Å². The fourth-order valence-electron chi connectivity index (χ4n) is 3.84. The van der Waals surface area contributed by atoms with Crippen LogP contribution < -0.4 is 10.6 Å². The molecule has 2 N–H and O–H groups in total. The van der Waals surface area contributed by atoms with Crippen LogP contribution in [0.5, 0.6) is 0 Å². The van der Waals surface area contributed by atoms with Crippen molar-refractivity contribution in [3.8, 4) is 22.4 Å². The zero-order valence-corrected chi connectivity index (χ0v) is 20.1. The molecule has 11 heteroatoms. The number of carbonyl (C=O) groups is 2. The summed E-state index contributed by atoms with van der Waals surface area (Å²) in [4.78, 5) is 33.2. The highest BCUT2D eigenvalue weighted by atomic mass is 19.4. The van der Waals surface area contributed by atoms with Gasteiger partial charge in [-0.05, 0) is 60.7 Å². The van der Waals surface area contributed by atoms with E-state index in [0.29, 0.717) is 29.5 Å². The van der Waals surface area contributed by atoms with Crippen LogP contribution in [0.25, 0.3) is 22.4 Å². The van der Waals surface area contributed by atoms with Crippen LogP contribution in [-0.2, 0) is 11.0 Å². The van der Waals surface area contributed by atoms with Crippen LogP contribution in [0, 0.1) is 12.8 Å². The molecule has 0 bridgehead atoms. The SMILES string of the molecule is Cc1ccc(NC(=O)c2cc(C(F)(F)F)cnn2)cc1-c1cccc(-c2cc(NC(=O)C3CC3)ncn2)c1. The number of aromatic nitrogens is 4. The van der Waals surface area contributed by atoms with Crippen LogP contribution in [-0.4, -0.2) is 32.0 Å². The summed E-state index contributed by atoms with van der Waals surface area (Å²) < 4.78 is 39.0. The first-order valence-corrected chi connectivity index (χ1v) is 11.7. The summed E-state index contributed by atoms with van der Waals surface area (Å²) in [5.41, 5.74) is 2.84. The van der Waals surface area contributed by atoms with Gasteiger partial charge in [-0.15, -0.1) is 5.10 Å². The fraction of sp³-hybridized carbons (Fsp3) is 0.185. The highest BCUT2D eigenvalue weighted by Crippen LogP contribution is 2.32. The van der Waals surface area contributed by atoms with Gasteiger partial charge in [-0.3, -0.25) is 9.59 Å². The third-order valence-corrected chi connectivity index (χ3v) is 6.05. The van der Waals surface area contributed by atoms with Crippen LogP contribution in [0.1, 0.15) is 34.5 Å². The molecule has 0 aliphatic heterocycles. The van der Waals surface area contributed by atoms with Gasteiger partial charge in [-0.2, -0.15) is 18.3 Å². The van der Waals surface area contributed by atoms with E-state index in [1.165, 1.54) is 6.33 Å². The average Bonchev–Trinajstić information content (AvgIpc) is 3.75. The minimum atomic E-state index is -4.64. The largest absolute Gasteiger partial charge is 0.418 e. The summed E-state index contributed by atoms with van der Waals surface area (Å²) in [6.45, 7) is 1.90. The van der Waals surface area contributed by atoms with Gasteiger partial charge in [-0.1, -0.05) is 24.3 Å².